The minimum absolute atomic E-state index is 1.11. The van der Waals surface area contributed by atoms with Crippen LogP contribution < -0.4 is 5.32 Å². The van der Waals surface area contributed by atoms with Crippen LogP contribution in [0, 0.1) is 0 Å². The van der Waals surface area contributed by atoms with Gasteiger partial charge in [-0.2, -0.15) is 0 Å². The van der Waals surface area contributed by atoms with Crippen LogP contribution in [0.4, 0.5) is 0 Å². The van der Waals surface area contributed by atoms with Crippen LogP contribution in [-0.2, 0) is 0 Å². The van der Waals surface area contributed by atoms with Gasteiger partial charge >= 0.3 is 0 Å². The third kappa shape index (κ3) is 9.74. The van der Waals surface area contributed by atoms with Crippen molar-refractivity contribution in [2.45, 2.75) is 53.4 Å². The Morgan fingerprint density at radius 1 is 0.867 bits per heavy atom. The molecule has 0 fully saturated rings. The molecule has 0 aliphatic rings. The Kier molecular flexibility index (Phi) is 9.60. The average molecular weight is 209 g/mol. The minimum atomic E-state index is 1.11. The summed E-state index contributed by atoms with van der Waals surface area (Å²) >= 11 is 0. The van der Waals surface area contributed by atoms with Gasteiger partial charge in [-0.15, -0.1) is 0 Å². The molecule has 0 radical (unpaired) electrons. The summed E-state index contributed by atoms with van der Waals surface area (Å²) in [6, 6.07) is 0. The molecule has 0 aromatic carbocycles. The van der Waals surface area contributed by atoms with E-state index >= 15 is 0 Å². The zero-order valence-corrected chi connectivity index (χ0v) is 10.9. The molecule has 0 aliphatic heterocycles. The predicted octanol–water partition coefficient (Wildman–Crippen LogP) is 4.07. The van der Waals surface area contributed by atoms with Gasteiger partial charge in [0.25, 0.3) is 0 Å². The molecule has 0 unspecified atom stereocenters. The van der Waals surface area contributed by atoms with Gasteiger partial charge in [-0.1, -0.05) is 37.1 Å². The average Bonchev–Trinajstić information content (AvgIpc) is 2.26. The molecule has 0 aliphatic carbocycles. The Bertz CT molecular complexity index is 179. The molecule has 15 heavy (non-hydrogen) atoms. The minimum Gasteiger partial charge on any atom is -0.316 e. The first kappa shape index (κ1) is 14.4. The van der Waals surface area contributed by atoms with E-state index in [1.807, 2.05) is 0 Å². The second-order valence-corrected chi connectivity index (χ2v) is 4.14. The third-order valence-electron chi connectivity index (χ3n) is 2.74. The summed E-state index contributed by atoms with van der Waals surface area (Å²) in [5.41, 5.74) is 3.00. The maximum Gasteiger partial charge on any atom is -0.00140 e. The van der Waals surface area contributed by atoms with Crippen molar-refractivity contribution in [3.8, 4) is 0 Å². The molecule has 1 nitrogen and oxygen atoms in total. The molecule has 1 N–H and O–H groups in total. The molecule has 0 rings (SSSR count). The van der Waals surface area contributed by atoms with Gasteiger partial charge in [0.1, 0.15) is 0 Å². The summed E-state index contributed by atoms with van der Waals surface area (Å²) in [4.78, 5) is 0. The van der Waals surface area contributed by atoms with E-state index in [2.05, 4.69) is 45.2 Å². The molecule has 88 valence electrons. The van der Waals surface area contributed by atoms with Crippen molar-refractivity contribution in [2.75, 3.05) is 13.1 Å². The maximum absolute atomic E-state index is 3.46. The Labute approximate surface area is 95.7 Å². The predicted molar refractivity (Wildman–Crippen MR) is 70.2 cm³/mol. The number of hydrogen-bond donors (Lipinski definition) is 1. The van der Waals surface area contributed by atoms with Crippen LogP contribution in [0.1, 0.15) is 53.4 Å². The van der Waals surface area contributed by atoms with Crippen molar-refractivity contribution in [2.24, 2.45) is 0 Å². The lowest BCUT2D eigenvalue weighted by Gasteiger charge is -2.01. The first-order valence-electron chi connectivity index (χ1n) is 6.22. The Morgan fingerprint density at radius 2 is 1.27 bits per heavy atom. The lowest BCUT2D eigenvalue weighted by molar-refractivity contribution is 0.693. The number of allylic oxidation sites excluding steroid dienone is 2. The molecule has 0 saturated heterocycles. The summed E-state index contributed by atoms with van der Waals surface area (Å²) in [5, 5.41) is 3.46. The Hall–Kier alpha value is -0.560. The maximum atomic E-state index is 3.46. The van der Waals surface area contributed by atoms with Crippen LogP contribution in [0.25, 0.3) is 0 Å². The van der Waals surface area contributed by atoms with Crippen molar-refractivity contribution in [1.29, 1.82) is 0 Å². The first-order chi connectivity index (χ1) is 7.20. The monoisotopic (exact) mass is 209 g/mol. The van der Waals surface area contributed by atoms with Gasteiger partial charge in [0.15, 0.2) is 0 Å². The van der Waals surface area contributed by atoms with Gasteiger partial charge in [-0.3, -0.25) is 0 Å². The highest BCUT2D eigenvalue weighted by molar-refractivity contribution is 4.97. The molecule has 0 bridgehead atoms. The van der Waals surface area contributed by atoms with E-state index in [1.54, 1.807) is 0 Å². The van der Waals surface area contributed by atoms with E-state index in [-0.39, 0.29) is 0 Å². The Balaban J connectivity index is 3.33. The van der Waals surface area contributed by atoms with E-state index in [4.69, 9.17) is 0 Å². The second kappa shape index (κ2) is 9.97. The highest BCUT2D eigenvalue weighted by Crippen LogP contribution is 2.00. The summed E-state index contributed by atoms with van der Waals surface area (Å²) in [6.07, 6.45) is 9.35. The zero-order valence-electron chi connectivity index (χ0n) is 10.9. The van der Waals surface area contributed by atoms with Crippen molar-refractivity contribution in [3.63, 3.8) is 0 Å². The second-order valence-electron chi connectivity index (χ2n) is 4.14. The molecule has 1 heteroatoms. The summed E-state index contributed by atoms with van der Waals surface area (Å²) in [6.45, 7) is 11.0. The van der Waals surface area contributed by atoms with Gasteiger partial charge in [-0.05, 0) is 52.6 Å². The standard InChI is InChI=1S/C14H27N/c1-5-13(3)9-7-11-15-12-8-10-14(4)6-2/h9-10,15H,5-8,11-12H2,1-4H3. The fourth-order valence-corrected chi connectivity index (χ4v) is 1.25. The Morgan fingerprint density at radius 3 is 1.60 bits per heavy atom. The SMILES string of the molecule is CCC(C)=CCCNCCC=C(C)CC. The van der Waals surface area contributed by atoms with Gasteiger partial charge in [0.05, 0.1) is 0 Å². The summed E-state index contributed by atoms with van der Waals surface area (Å²) in [7, 11) is 0. The highest BCUT2D eigenvalue weighted by atomic mass is 14.8. The molecule has 0 saturated carbocycles. The van der Waals surface area contributed by atoms with Gasteiger partial charge in [-0.25, -0.2) is 0 Å². The molecule has 0 atom stereocenters. The molecule has 0 heterocycles. The normalized spacial score (nSPS) is 13.3. The van der Waals surface area contributed by atoms with E-state index in [0.29, 0.717) is 0 Å². The van der Waals surface area contributed by atoms with Crippen molar-refractivity contribution < 1.29 is 0 Å². The largest absolute Gasteiger partial charge is 0.316 e. The topological polar surface area (TPSA) is 12.0 Å². The summed E-state index contributed by atoms with van der Waals surface area (Å²) in [5.74, 6) is 0. The molecule has 0 spiro atoms. The van der Waals surface area contributed by atoms with Crippen molar-refractivity contribution >= 4 is 0 Å². The zero-order chi connectivity index (χ0) is 11.5. The number of nitrogens with one attached hydrogen (secondary N) is 1. The van der Waals surface area contributed by atoms with E-state index in [1.165, 1.54) is 24.0 Å². The molecule has 0 aromatic heterocycles. The van der Waals surface area contributed by atoms with Crippen LogP contribution in [0.5, 0.6) is 0 Å². The number of hydrogen-bond acceptors (Lipinski definition) is 1. The van der Waals surface area contributed by atoms with E-state index < -0.39 is 0 Å². The van der Waals surface area contributed by atoms with Crippen LogP contribution in [0.3, 0.4) is 0 Å². The van der Waals surface area contributed by atoms with E-state index in [9.17, 15) is 0 Å². The van der Waals surface area contributed by atoms with Crippen molar-refractivity contribution in [3.05, 3.63) is 23.3 Å². The lowest BCUT2D eigenvalue weighted by Crippen LogP contribution is -2.15. The fraction of sp³-hybridized carbons (Fsp3) is 0.714. The van der Waals surface area contributed by atoms with Crippen LogP contribution in [0.15, 0.2) is 23.3 Å². The van der Waals surface area contributed by atoms with Gasteiger partial charge in [0.2, 0.25) is 0 Å². The smallest absolute Gasteiger partial charge is 0.00140 e. The number of rotatable bonds is 8. The quantitative estimate of drug-likeness (QED) is 0.469. The first-order valence-corrected chi connectivity index (χ1v) is 6.22. The molecule has 0 amide bonds. The van der Waals surface area contributed by atoms with Gasteiger partial charge in [0, 0.05) is 0 Å². The van der Waals surface area contributed by atoms with Crippen LogP contribution >= 0.6 is 0 Å². The van der Waals surface area contributed by atoms with Crippen LogP contribution in [-0.4, -0.2) is 13.1 Å². The highest BCUT2D eigenvalue weighted by Gasteiger charge is 1.87. The third-order valence-corrected chi connectivity index (χ3v) is 2.74. The van der Waals surface area contributed by atoms with Gasteiger partial charge < -0.3 is 5.32 Å². The van der Waals surface area contributed by atoms with Crippen LogP contribution in [0.2, 0.25) is 0 Å². The lowest BCUT2D eigenvalue weighted by atomic mass is 10.2. The summed E-state index contributed by atoms with van der Waals surface area (Å²) < 4.78 is 0. The molecular weight excluding hydrogens is 182 g/mol. The fourth-order valence-electron chi connectivity index (χ4n) is 1.25. The van der Waals surface area contributed by atoms with Crippen molar-refractivity contribution in [1.82, 2.24) is 5.32 Å². The molecule has 0 aromatic rings. The molecular formula is C14H27N. The van der Waals surface area contributed by atoms with E-state index in [0.717, 1.165) is 25.9 Å².